The smallest absolute Gasteiger partial charge is 0.139 e. The van der Waals surface area contributed by atoms with Crippen LogP contribution in [0.25, 0.3) is 0 Å². The highest BCUT2D eigenvalue weighted by Gasteiger charge is 2.13. The van der Waals surface area contributed by atoms with Crippen LogP contribution >= 0.6 is 11.6 Å². The molecule has 2 rings (SSSR count). The molecule has 1 heterocycles. The van der Waals surface area contributed by atoms with Crippen molar-refractivity contribution < 1.29 is 0 Å². The second kappa shape index (κ2) is 5.98. The number of nitrogens with one attached hydrogen (secondary N) is 1. The maximum atomic E-state index is 9.16. The highest BCUT2D eigenvalue weighted by Crippen LogP contribution is 2.27. The van der Waals surface area contributed by atoms with Gasteiger partial charge in [-0.1, -0.05) is 25.4 Å². The molecular formula is C15H16ClN5. The average molecular weight is 302 g/mol. The lowest BCUT2D eigenvalue weighted by Crippen LogP contribution is -2.08. The van der Waals surface area contributed by atoms with Gasteiger partial charge in [0.25, 0.3) is 0 Å². The van der Waals surface area contributed by atoms with Crippen LogP contribution in [0.2, 0.25) is 5.02 Å². The monoisotopic (exact) mass is 301 g/mol. The molecule has 2 aromatic rings. The van der Waals surface area contributed by atoms with E-state index in [0.717, 1.165) is 5.56 Å². The minimum absolute atomic E-state index is 0.156. The Hall–Kier alpha value is -2.32. The summed E-state index contributed by atoms with van der Waals surface area (Å²) in [5.74, 6) is 1.83. The molecule has 0 atom stereocenters. The number of aromatic nitrogens is 2. The normalized spacial score (nSPS) is 10.5. The molecule has 0 radical (unpaired) electrons. The fourth-order valence-electron chi connectivity index (χ4n) is 1.78. The fraction of sp³-hybridized carbons (Fsp3) is 0.267. The molecule has 0 aliphatic carbocycles. The predicted molar refractivity (Wildman–Crippen MR) is 84.7 cm³/mol. The number of nitrogens with zero attached hydrogens (tertiary/aromatic N) is 3. The van der Waals surface area contributed by atoms with Crippen molar-refractivity contribution in [3.05, 3.63) is 40.2 Å². The van der Waals surface area contributed by atoms with E-state index in [2.05, 4.69) is 21.4 Å². The molecule has 0 saturated carbocycles. The minimum atomic E-state index is 0.156. The summed E-state index contributed by atoms with van der Waals surface area (Å²) in [4.78, 5) is 8.75. The number of halogens is 1. The number of benzene rings is 1. The predicted octanol–water partition coefficient (Wildman–Crippen LogP) is 3.76. The van der Waals surface area contributed by atoms with Gasteiger partial charge in [0.1, 0.15) is 23.5 Å². The first-order valence-electron chi connectivity index (χ1n) is 6.53. The SMILES string of the molecule is Cc1c(N)nc(C(C)C)nc1Nc1cc(Cl)ccc1C#N. The molecule has 108 valence electrons. The number of rotatable bonds is 3. The molecule has 1 aromatic heterocycles. The number of nitriles is 1. The topological polar surface area (TPSA) is 87.6 Å². The van der Waals surface area contributed by atoms with Gasteiger partial charge in [-0.3, -0.25) is 0 Å². The van der Waals surface area contributed by atoms with Crippen LogP contribution in [0, 0.1) is 18.3 Å². The van der Waals surface area contributed by atoms with E-state index in [1.165, 1.54) is 0 Å². The van der Waals surface area contributed by atoms with Crippen molar-refractivity contribution in [1.82, 2.24) is 9.97 Å². The van der Waals surface area contributed by atoms with Crippen molar-refractivity contribution in [2.75, 3.05) is 11.1 Å². The summed E-state index contributed by atoms with van der Waals surface area (Å²) in [7, 11) is 0. The van der Waals surface area contributed by atoms with Crippen molar-refractivity contribution in [1.29, 1.82) is 5.26 Å². The Morgan fingerprint density at radius 2 is 2.05 bits per heavy atom. The summed E-state index contributed by atoms with van der Waals surface area (Å²) in [6.45, 7) is 5.82. The molecule has 0 aliphatic heterocycles. The molecule has 0 aliphatic rings. The lowest BCUT2D eigenvalue weighted by atomic mass is 10.1. The highest BCUT2D eigenvalue weighted by molar-refractivity contribution is 6.30. The Balaban J connectivity index is 2.49. The largest absolute Gasteiger partial charge is 0.383 e. The summed E-state index contributed by atoms with van der Waals surface area (Å²) in [5, 5.41) is 12.8. The van der Waals surface area contributed by atoms with Crippen LogP contribution < -0.4 is 11.1 Å². The number of nitrogens with two attached hydrogens (primary N) is 1. The van der Waals surface area contributed by atoms with E-state index < -0.39 is 0 Å². The van der Waals surface area contributed by atoms with Gasteiger partial charge in [-0.25, -0.2) is 9.97 Å². The zero-order chi connectivity index (χ0) is 15.6. The minimum Gasteiger partial charge on any atom is -0.383 e. The number of nitrogen functional groups attached to an aromatic ring is 1. The molecule has 0 spiro atoms. The zero-order valence-corrected chi connectivity index (χ0v) is 12.9. The molecule has 1 aromatic carbocycles. The van der Waals surface area contributed by atoms with Crippen LogP contribution in [0.3, 0.4) is 0 Å². The average Bonchev–Trinajstić information content (AvgIpc) is 2.43. The van der Waals surface area contributed by atoms with Gasteiger partial charge in [0, 0.05) is 16.5 Å². The van der Waals surface area contributed by atoms with Gasteiger partial charge in [-0.05, 0) is 25.1 Å². The van der Waals surface area contributed by atoms with Gasteiger partial charge in [0.15, 0.2) is 0 Å². The standard InChI is InChI=1S/C15H16ClN5/c1-8(2)14-20-13(18)9(3)15(21-14)19-12-6-11(16)5-4-10(12)7-17/h4-6,8H,1-3H3,(H3,18,19,20,21). The summed E-state index contributed by atoms with van der Waals surface area (Å²) in [6, 6.07) is 7.14. The second-order valence-electron chi connectivity index (χ2n) is 5.02. The fourth-order valence-corrected chi connectivity index (χ4v) is 1.95. The molecule has 21 heavy (non-hydrogen) atoms. The Morgan fingerprint density at radius 1 is 1.33 bits per heavy atom. The van der Waals surface area contributed by atoms with Gasteiger partial charge in [-0.15, -0.1) is 0 Å². The van der Waals surface area contributed by atoms with Crippen LogP contribution in [-0.4, -0.2) is 9.97 Å². The molecule has 0 saturated heterocycles. The van der Waals surface area contributed by atoms with Gasteiger partial charge in [0.05, 0.1) is 11.3 Å². The van der Waals surface area contributed by atoms with E-state index in [9.17, 15) is 0 Å². The van der Waals surface area contributed by atoms with Crippen molar-refractivity contribution >= 4 is 28.9 Å². The summed E-state index contributed by atoms with van der Waals surface area (Å²) < 4.78 is 0. The first-order chi connectivity index (χ1) is 9.92. The van der Waals surface area contributed by atoms with Crippen molar-refractivity contribution in [3.8, 4) is 6.07 Å². The maximum Gasteiger partial charge on any atom is 0.139 e. The van der Waals surface area contributed by atoms with Crippen LogP contribution in [0.15, 0.2) is 18.2 Å². The lowest BCUT2D eigenvalue weighted by molar-refractivity contribution is 0.776. The van der Waals surface area contributed by atoms with Crippen LogP contribution in [-0.2, 0) is 0 Å². The molecule has 0 unspecified atom stereocenters. The van der Waals surface area contributed by atoms with E-state index in [0.29, 0.717) is 33.7 Å². The van der Waals surface area contributed by atoms with Gasteiger partial charge in [-0.2, -0.15) is 5.26 Å². The number of anilines is 3. The van der Waals surface area contributed by atoms with Crippen molar-refractivity contribution in [2.45, 2.75) is 26.7 Å². The first kappa shape index (κ1) is 15.1. The van der Waals surface area contributed by atoms with Crippen LogP contribution in [0.5, 0.6) is 0 Å². The van der Waals surface area contributed by atoms with Crippen LogP contribution in [0.1, 0.15) is 36.7 Å². The van der Waals surface area contributed by atoms with E-state index in [1.807, 2.05) is 20.8 Å². The van der Waals surface area contributed by atoms with E-state index in [1.54, 1.807) is 18.2 Å². The first-order valence-corrected chi connectivity index (χ1v) is 6.91. The Labute approximate surface area is 128 Å². The van der Waals surface area contributed by atoms with Crippen molar-refractivity contribution in [3.63, 3.8) is 0 Å². The Morgan fingerprint density at radius 3 is 2.67 bits per heavy atom. The molecule has 0 bridgehead atoms. The molecule has 3 N–H and O–H groups in total. The maximum absolute atomic E-state index is 9.16. The highest BCUT2D eigenvalue weighted by atomic mass is 35.5. The third-order valence-electron chi connectivity index (χ3n) is 3.07. The number of hydrogen-bond acceptors (Lipinski definition) is 5. The van der Waals surface area contributed by atoms with Gasteiger partial charge < -0.3 is 11.1 Å². The Kier molecular flexibility index (Phi) is 4.29. The lowest BCUT2D eigenvalue weighted by Gasteiger charge is -2.14. The molecular weight excluding hydrogens is 286 g/mol. The Bertz CT molecular complexity index is 719. The third kappa shape index (κ3) is 3.23. The zero-order valence-electron chi connectivity index (χ0n) is 12.1. The second-order valence-corrected chi connectivity index (χ2v) is 5.46. The quantitative estimate of drug-likeness (QED) is 0.901. The van der Waals surface area contributed by atoms with Crippen molar-refractivity contribution in [2.24, 2.45) is 0 Å². The van der Waals surface area contributed by atoms with Crippen LogP contribution in [0.4, 0.5) is 17.3 Å². The van der Waals surface area contributed by atoms with Gasteiger partial charge in [0.2, 0.25) is 0 Å². The van der Waals surface area contributed by atoms with E-state index >= 15 is 0 Å². The molecule has 5 nitrogen and oxygen atoms in total. The van der Waals surface area contributed by atoms with Gasteiger partial charge >= 0.3 is 0 Å². The van der Waals surface area contributed by atoms with E-state index in [4.69, 9.17) is 22.6 Å². The number of hydrogen-bond donors (Lipinski definition) is 2. The third-order valence-corrected chi connectivity index (χ3v) is 3.31. The molecule has 0 fully saturated rings. The summed E-state index contributed by atoms with van der Waals surface area (Å²) >= 11 is 5.99. The van der Waals surface area contributed by atoms with E-state index in [-0.39, 0.29) is 5.92 Å². The molecule has 0 amide bonds. The summed E-state index contributed by atoms with van der Waals surface area (Å²) in [5.41, 5.74) is 7.76. The molecule has 6 heteroatoms. The summed E-state index contributed by atoms with van der Waals surface area (Å²) in [6.07, 6.45) is 0.